The fraction of sp³-hybridized carbons (Fsp3) is 0.571. The summed E-state index contributed by atoms with van der Waals surface area (Å²) in [5.41, 5.74) is 1.01. The van der Waals surface area contributed by atoms with Gasteiger partial charge in [0.25, 0.3) is 0 Å². The lowest BCUT2D eigenvalue weighted by Crippen LogP contribution is -2.31. The number of benzene rings is 1. The van der Waals surface area contributed by atoms with Gasteiger partial charge in [0.15, 0.2) is 0 Å². The molecule has 3 heteroatoms. The Labute approximate surface area is 111 Å². The van der Waals surface area contributed by atoms with Crippen LogP contribution in [0.4, 0.5) is 4.39 Å². The Kier molecular flexibility index (Phi) is 4.57. The first-order chi connectivity index (χ1) is 8.16. The maximum absolute atomic E-state index is 13.3. The van der Waals surface area contributed by atoms with Crippen molar-refractivity contribution in [2.24, 2.45) is 5.92 Å². The summed E-state index contributed by atoms with van der Waals surface area (Å²) >= 11 is 3.17. The molecule has 94 valence electrons. The molecule has 0 saturated heterocycles. The fourth-order valence-corrected chi connectivity index (χ4v) is 2.80. The lowest BCUT2D eigenvalue weighted by atomic mass is 9.99. The Hall–Kier alpha value is -0.410. The highest BCUT2D eigenvalue weighted by atomic mass is 79.9. The van der Waals surface area contributed by atoms with Crippen LogP contribution in [0.25, 0.3) is 0 Å². The monoisotopic (exact) mass is 299 g/mol. The molecule has 0 bridgehead atoms. The van der Waals surface area contributed by atoms with Crippen LogP contribution >= 0.6 is 15.9 Å². The third kappa shape index (κ3) is 3.52. The molecule has 0 heterocycles. The summed E-state index contributed by atoms with van der Waals surface area (Å²) < 4.78 is 13.9. The molecular weight excluding hydrogens is 281 g/mol. The van der Waals surface area contributed by atoms with Crippen molar-refractivity contribution in [1.82, 2.24) is 5.32 Å². The molecule has 0 radical (unpaired) electrons. The van der Waals surface area contributed by atoms with Crippen molar-refractivity contribution < 1.29 is 4.39 Å². The summed E-state index contributed by atoms with van der Waals surface area (Å²) in [4.78, 5) is 0. The van der Waals surface area contributed by atoms with Crippen LogP contribution < -0.4 is 5.32 Å². The Bertz CT molecular complexity index is 374. The minimum Gasteiger partial charge on any atom is -0.310 e. The Morgan fingerprint density at radius 1 is 1.41 bits per heavy atom. The van der Waals surface area contributed by atoms with Crippen LogP contribution in [-0.4, -0.2) is 6.04 Å². The minimum atomic E-state index is -0.183. The van der Waals surface area contributed by atoms with E-state index in [1.54, 1.807) is 12.1 Å². The van der Waals surface area contributed by atoms with Gasteiger partial charge >= 0.3 is 0 Å². The second kappa shape index (κ2) is 5.96. The second-order valence-corrected chi connectivity index (χ2v) is 5.82. The van der Waals surface area contributed by atoms with Crippen molar-refractivity contribution in [2.45, 2.75) is 45.2 Å². The molecule has 0 aromatic heterocycles. The van der Waals surface area contributed by atoms with Gasteiger partial charge in [0.05, 0.1) is 4.47 Å². The molecule has 1 nitrogen and oxygen atoms in total. The summed E-state index contributed by atoms with van der Waals surface area (Å²) in [7, 11) is 0. The number of halogens is 2. The van der Waals surface area contributed by atoms with E-state index in [9.17, 15) is 4.39 Å². The van der Waals surface area contributed by atoms with Crippen molar-refractivity contribution in [3.05, 3.63) is 34.1 Å². The molecule has 1 aromatic carbocycles. The second-order valence-electron chi connectivity index (χ2n) is 4.96. The highest BCUT2D eigenvalue weighted by molar-refractivity contribution is 9.10. The van der Waals surface area contributed by atoms with E-state index in [4.69, 9.17) is 0 Å². The Morgan fingerprint density at radius 2 is 2.12 bits per heavy atom. The van der Waals surface area contributed by atoms with E-state index in [2.05, 4.69) is 28.2 Å². The zero-order chi connectivity index (χ0) is 12.3. The number of rotatable bonds is 4. The van der Waals surface area contributed by atoms with Gasteiger partial charge in [-0.05, 0) is 59.3 Å². The standard InChI is InChI=1S/C14H19BrFN/c1-10(12-4-2-3-5-12)17-9-11-6-7-13(15)14(16)8-11/h6-8,10,12,17H,2-5,9H2,1H3/t10-/m1/s1. The zero-order valence-electron chi connectivity index (χ0n) is 10.2. The first kappa shape index (κ1) is 13.0. The third-order valence-corrected chi connectivity index (χ3v) is 4.36. The number of hydrogen-bond acceptors (Lipinski definition) is 1. The number of hydrogen-bond donors (Lipinski definition) is 1. The predicted octanol–water partition coefficient (Wildman–Crippen LogP) is 4.26. The lowest BCUT2D eigenvalue weighted by Gasteiger charge is -2.20. The molecule has 1 fully saturated rings. The van der Waals surface area contributed by atoms with Crippen LogP contribution in [0.2, 0.25) is 0 Å². The molecule has 0 amide bonds. The molecule has 0 aliphatic heterocycles. The van der Waals surface area contributed by atoms with Crippen molar-refractivity contribution in [2.75, 3.05) is 0 Å². The molecule has 1 aliphatic rings. The van der Waals surface area contributed by atoms with Gasteiger partial charge in [-0.15, -0.1) is 0 Å². The van der Waals surface area contributed by atoms with Gasteiger partial charge in [0, 0.05) is 12.6 Å². The molecule has 1 atom stereocenters. The van der Waals surface area contributed by atoms with Crippen LogP contribution in [0.3, 0.4) is 0 Å². The van der Waals surface area contributed by atoms with Crippen LogP contribution in [0, 0.1) is 11.7 Å². The fourth-order valence-electron chi connectivity index (χ4n) is 2.55. The topological polar surface area (TPSA) is 12.0 Å². The SMILES string of the molecule is C[C@@H](NCc1ccc(Br)c(F)c1)C1CCCC1. The van der Waals surface area contributed by atoms with Crippen molar-refractivity contribution in [1.29, 1.82) is 0 Å². The maximum Gasteiger partial charge on any atom is 0.137 e. The molecule has 17 heavy (non-hydrogen) atoms. The third-order valence-electron chi connectivity index (χ3n) is 3.72. The molecule has 1 aromatic rings. The lowest BCUT2D eigenvalue weighted by molar-refractivity contribution is 0.380. The van der Waals surface area contributed by atoms with E-state index in [0.29, 0.717) is 10.5 Å². The minimum absolute atomic E-state index is 0.183. The summed E-state index contributed by atoms with van der Waals surface area (Å²) in [6.07, 6.45) is 5.40. The van der Waals surface area contributed by atoms with Gasteiger partial charge in [-0.2, -0.15) is 0 Å². The van der Waals surface area contributed by atoms with E-state index in [0.717, 1.165) is 18.0 Å². The molecule has 0 unspecified atom stereocenters. The molecule has 2 rings (SSSR count). The Morgan fingerprint density at radius 3 is 2.76 bits per heavy atom. The van der Waals surface area contributed by atoms with E-state index in [1.165, 1.54) is 25.7 Å². The van der Waals surface area contributed by atoms with Crippen molar-refractivity contribution in [3.63, 3.8) is 0 Å². The summed E-state index contributed by atoms with van der Waals surface area (Å²) in [6, 6.07) is 5.86. The van der Waals surface area contributed by atoms with Crippen molar-refractivity contribution in [3.8, 4) is 0 Å². The zero-order valence-corrected chi connectivity index (χ0v) is 11.8. The van der Waals surface area contributed by atoms with Crippen LogP contribution in [0.15, 0.2) is 22.7 Å². The average Bonchev–Trinajstić information content (AvgIpc) is 2.84. The van der Waals surface area contributed by atoms with Crippen molar-refractivity contribution >= 4 is 15.9 Å². The highest BCUT2D eigenvalue weighted by Gasteiger charge is 2.20. The molecule has 1 aliphatic carbocycles. The van der Waals surface area contributed by atoms with E-state index in [-0.39, 0.29) is 5.82 Å². The smallest absolute Gasteiger partial charge is 0.137 e. The van der Waals surface area contributed by atoms with Gasteiger partial charge in [0.2, 0.25) is 0 Å². The van der Waals surface area contributed by atoms with E-state index >= 15 is 0 Å². The van der Waals surface area contributed by atoms with Gasteiger partial charge < -0.3 is 5.32 Å². The maximum atomic E-state index is 13.3. The van der Waals surface area contributed by atoms with Gasteiger partial charge in [-0.3, -0.25) is 0 Å². The first-order valence-electron chi connectivity index (χ1n) is 6.34. The van der Waals surface area contributed by atoms with Crippen LogP contribution in [0.1, 0.15) is 38.2 Å². The van der Waals surface area contributed by atoms with Gasteiger partial charge in [-0.25, -0.2) is 4.39 Å². The quantitative estimate of drug-likeness (QED) is 0.876. The van der Waals surface area contributed by atoms with E-state index in [1.807, 2.05) is 6.07 Å². The number of nitrogens with one attached hydrogen (secondary N) is 1. The highest BCUT2D eigenvalue weighted by Crippen LogP contribution is 2.27. The predicted molar refractivity (Wildman–Crippen MR) is 72.4 cm³/mol. The Balaban J connectivity index is 1.86. The molecule has 1 N–H and O–H groups in total. The average molecular weight is 300 g/mol. The summed E-state index contributed by atoms with van der Waals surface area (Å²) in [6.45, 7) is 2.99. The van der Waals surface area contributed by atoms with Gasteiger partial charge in [-0.1, -0.05) is 18.9 Å². The summed E-state index contributed by atoms with van der Waals surface area (Å²) in [5, 5.41) is 3.51. The normalized spacial score (nSPS) is 18.5. The van der Waals surface area contributed by atoms with Crippen LogP contribution in [0.5, 0.6) is 0 Å². The van der Waals surface area contributed by atoms with E-state index < -0.39 is 0 Å². The molecule has 0 spiro atoms. The largest absolute Gasteiger partial charge is 0.310 e. The summed E-state index contributed by atoms with van der Waals surface area (Å²) in [5.74, 6) is 0.619. The van der Waals surface area contributed by atoms with Crippen LogP contribution in [-0.2, 0) is 6.54 Å². The van der Waals surface area contributed by atoms with Gasteiger partial charge in [0.1, 0.15) is 5.82 Å². The molecule has 1 saturated carbocycles. The first-order valence-corrected chi connectivity index (χ1v) is 7.13. The molecular formula is C14H19BrFN.